The van der Waals surface area contributed by atoms with Gasteiger partial charge in [-0.2, -0.15) is 0 Å². The number of nitrogens with zero attached hydrogens (tertiary/aromatic N) is 1. The van der Waals surface area contributed by atoms with E-state index in [0.29, 0.717) is 0 Å². The summed E-state index contributed by atoms with van der Waals surface area (Å²) in [6, 6.07) is 18.6. The van der Waals surface area contributed by atoms with E-state index in [1.165, 1.54) is 36.9 Å². The second kappa shape index (κ2) is 11.1. The zero-order valence-electron chi connectivity index (χ0n) is 18.5. The summed E-state index contributed by atoms with van der Waals surface area (Å²) < 4.78 is 0. The van der Waals surface area contributed by atoms with Crippen molar-refractivity contribution in [3.05, 3.63) is 72.1 Å². The molecule has 2 aliphatic rings. The number of fused-ring (bicyclic) bond motifs is 1. The molecular formula is C28H34N2O. The molecule has 1 N–H and O–H groups in total. The predicted molar refractivity (Wildman–Crippen MR) is 128 cm³/mol. The highest BCUT2D eigenvalue weighted by molar-refractivity contribution is 5.97. The van der Waals surface area contributed by atoms with Gasteiger partial charge in [0.2, 0.25) is 5.91 Å². The first-order chi connectivity index (χ1) is 15.3. The van der Waals surface area contributed by atoms with Gasteiger partial charge in [0.25, 0.3) is 0 Å². The van der Waals surface area contributed by atoms with E-state index < -0.39 is 0 Å². The highest BCUT2D eigenvalue weighted by atomic mass is 16.1. The van der Waals surface area contributed by atoms with E-state index in [4.69, 9.17) is 4.98 Å². The fourth-order valence-electron chi connectivity index (χ4n) is 4.92. The van der Waals surface area contributed by atoms with Crippen LogP contribution in [0.2, 0.25) is 0 Å². The Morgan fingerprint density at radius 3 is 2.06 bits per heavy atom. The summed E-state index contributed by atoms with van der Waals surface area (Å²) in [7, 11) is 0. The number of aryl methyl sites for hydroxylation is 1. The van der Waals surface area contributed by atoms with Crippen LogP contribution >= 0.6 is 0 Å². The number of hydrogen-bond acceptors (Lipinski definition) is 2. The van der Waals surface area contributed by atoms with Gasteiger partial charge >= 0.3 is 0 Å². The number of amides is 1. The average Bonchev–Trinajstić information content (AvgIpc) is 3.30. The van der Waals surface area contributed by atoms with E-state index in [9.17, 15) is 4.79 Å². The Hall–Kier alpha value is -2.68. The number of hydrogen-bond donors (Lipinski definition) is 1. The van der Waals surface area contributed by atoms with Crippen molar-refractivity contribution in [2.45, 2.75) is 70.6 Å². The smallest absolute Gasteiger partial charge is 0.227 e. The maximum Gasteiger partial charge on any atom is 0.227 e. The van der Waals surface area contributed by atoms with Crippen LogP contribution < -0.4 is 5.32 Å². The second-order valence-electron chi connectivity index (χ2n) is 8.85. The minimum atomic E-state index is 0.112. The molecule has 0 atom stereocenters. The Kier molecular flexibility index (Phi) is 7.71. The quantitative estimate of drug-likeness (QED) is 0.584. The normalized spacial score (nSPS) is 16.9. The summed E-state index contributed by atoms with van der Waals surface area (Å²) in [5.41, 5.74) is 5.63. The maximum absolute atomic E-state index is 13.3. The van der Waals surface area contributed by atoms with Gasteiger partial charge in [-0.15, -0.1) is 0 Å². The summed E-state index contributed by atoms with van der Waals surface area (Å²) in [6.07, 6.45) is 14.5. The number of pyridine rings is 1. The molecule has 3 nitrogen and oxygen atoms in total. The Labute approximate surface area is 186 Å². The Morgan fingerprint density at radius 2 is 1.39 bits per heavy atom. The van der Waals surface area contributed by atoms with E-state index in [-0.39, 0.29) is 11.8 Å². The first-order valence-corrected chi connectivity index (χ1v) is 12.0. The average molecular weight is 415 g/mol. The van der Waals surface area contributed by atoms with Crippen LogP contribution in [0.25, 0.3) is 11.1 Å². The molecular weight excluding hydrogens is 380 g/mol. The van der Waals surface area contributed by atoms with Crippen molar-refractivity contribution in [3.8, 4) is 11.1 Å². The minimum absolute atomic E-state index is 0.112. The van der Waals surface area contributed by atoms with Gasteiger partial charge in [0.05, 0.1) is 11.9 Å². The molecule has 1 aromatic heterocycles. The van der Waals surface area contributed by atoms with Crippen molar-refractivity contribution in [1.82, 2.24) is 4.98 Å². The van der Waals surface area contributed by atoms with Gasteiger partial charge in [0.1, 0.15) is 0 Å². The molecule has 1 aromatic carbocycles. The first-order valence-electron chi connectivity index (χ1n) is 12.0. The van der Waals surface area contributed by atoms with Crippen molar-refractivity contribution in [2.75, 3.05) is 5.32 Å². The zero-order valence-corrected chi connectivity index (χ0v) is 18.5. The van der Waals surface area contributed by atoms with Crippen molar-refractivity contribution >= 4 is 11.6 Å². The van der Waals surface area contributed by atoms with Gasteiger partial charge in [-0.05, 0) is 43.2 Å². The van der Waals surface area contributed by atoms with Crippen molar-refractivity contribution in [2.24, 2.45) is 5.92 Å². The number of carbonyl (C=O) groups is 1. The van der Waals surface area contributed by atoms with Crippen molar-refractivity contribution < 1.29 is 4.79 Å². The molecule has 1 amide bonds. The van der Waals surface area contributed by atoms with E-state index in [2.05, 4.69) is 29.6 Å². The molecule has 0 aliphatic heterocycles. The summed E-state index contributed by atoms with van der Waals surface area (Å²) in [4.78, 5) is 18.0. The van der Waals surface area contributed by atoms with Crippen LogP contribution in [0.3, 0.4) is 0 Å². The first kappa shape index (κ1) is 21.5. The van der Waals surface area contributed by atoms with Gasteiger partial charge in [-0.3, -0.25) is 9.78 Å². The SMILES string of the molecule is O=C(Nc1cnc2c(c1-c1ccccccccc1)CCC2)C1CCCCCCCC1. The number of anilines is 1. The molecule has 2 aromatic rings. The van der Waals surface area contributed by atoms with Crippen LogP contribution in [0.5, 0.6) is 0 Å². The summed E-state index contributed by atoms with van der Waals surface area (Å²) in [6.45, 7) is 0. The fraction of sp³-hybridized carbons (Fsp3) is 0.429. The van der Waals surface area contributed by atoms with E-state index in [1.807, 2.05) is 36.5 Å². The largest absolute Gasteiger partial charge is 0.324 e. The van der Waals surface area contributed by atoms with Gasteiger partial charge in [-0.1, -0.05) is 93.1 Å². The summed E-state index contributed by atoms with van der Waals surface area (Å²) in [5.74, 6) is 0.284. The monoisotopic (exact) mass is 414 g/mol. The van der Waals surface area contributed by atoms with E-state index in [1.54, 1.807) is 0 Å². The van der Waals surface area contributed by atoms with Crippen LogP contribution in [0.4, 0.5) is 5.69 Å². The molecule has 2 aliphatic carbocycles. The minimum Gasteiger partial charge on any atom is -0.324 e. The molecule has 0 saturated heterocycles. The summed E-state index contributed by atoms with van der Waals surface area (Å²) >= 11 is 0. The zero-order chi connectivity index (χ0) is 21.3. The van der Waals surface area contributed by atoms with E-state index in [0.717, 1.165) is 61.8 Å². The molecule has 0 radical (unpaired) electrons. The fourth-order valence-corrected chi connectivity index (χ4v) is 4.92. The van der Waals surface area contributed by atoms with Crippen LogP contribution in [0.15, 0.2) is 60.8 Å². The van der Waals surface area contributed by atoms with E-state index >= 15 is 0 Å². The van der Waals surface area contributed by atoms with Gasteiger partial charge < -0.3 is 5.32 Å². The third kappa shape index (κ3) is 5.72. The van der Waals surface area contributed by atoms with Crippen LogP contribution in [0, 0.1) is 5.92 Å². The molecule has 4 rings (SSSR count). The third-order valence-corrected chi connectivity index (χ3v) is 6.60. The molecule has 0 unspecified atom stereocenters. The Morgan fingerprint density at radius 1 is 0.774 bits per heavy atom. The van der Waals surface area contributed by atoms with Gasteiger partial charge in [0, 0.05) is 17.2 Å². The molecule has 1 fully saturated rings. The molecule has 1 heterocycles. The topological polar surface area (TPSA) is 42.0 Å². The molecule has 1 saturated carbocycles. The lowest BCUT2D eigenvalue weighted by Crippen LogP contribution is -2.23. The van der Waals surface area contributed by atoms with Crippen LogP contribution in [0.1, 0.15) is 69.0 Å². The molecule has 162 valence electrons. The number of rotatable bonds is 3. The maximum atomic E-state index is 13.3. The van der Waals surface area contributed by atoms with Gasteiger partial charge in [0.15, 0.2) is 0 Å². The molecule has 31 heavy (non-hydrogen) atoms. The highest BCUT2D eigenvalue weighted by Gasteiger charge is 2.24. The third-order valence-electron chi connectivity index (χ3n) is 6.60. The van der Waals surface area contributed by atoms with Crippen molar-refractivity contribution in [1.29, 1.82) is 0 Å². The number of nitrogens with one attached hydrogen (secondary N) is 1. The lowest BCUT2D eigenvalue weighted by Gasteiger charge is -2.19. The standard InChI is InChI=1S/C28H34N2O/c31-28(23-17-12-8-4-5-9-13-18-23)30-26-21-29-25-20-14-19-24(25)27(26)22-15-10-6-2-1-3-7-11-16-22/h1-3,6-7,10-11,15-16,21,23H,4-5,8-9,12-14,17-20H2,(H,30,31). The Bertz CT molecular complexity index is 916. The second-order valence-corrected chi connectivity index (χ2v) is 8.85. The molecule has 0 spiro atoms. The lowest BCUT2D eigenvalue weighted by atomic mass is 9.95. The predicted octanol–water partition coefficient (Wildman–Crippen LogP) is 7.05. The number of carbonyl (C=O) groups excluding carboxylic acids is 1. The van der Waals surface area contributed by atoms with Crippen molar-refractivity contribution in [3.63, 3.8) is 0 Å². The van der Waals surface area contributed by atoms with Crippen LogP contribution in [-0.2, 0) is 17.6 Å². The lowest BCUT2D eigenvalue weighted by molar-refractivity contribution is -0.120. The molecule has 0 bridgehead atoms. The summed E-state index contributed by atoms with van der Waals surface area (Å²) in [5, 5.41) is 3.31. The Balaban J connectivity index is 1.68. The molecule has 3 heteroatoms. The number of aromatic nitrogens is 1. The highest BCUT2D eigenvalue weighted by Crippen LogP contribution is 2.37. The van der Waals surface area contributed by atoms with Crippen LogP contribution in [-0.4, -0.2) is 10.9 Å². The van der Waals surface area contributed by atoms with Gasteiger partial charge in [-0.25, -0.2) is 0 Å².